The first-order valence-corrected chi connectivity index (χ1v) is 19.3. The van der Waals surface area contributed by atoms with Gasteiger partial charge in [0.1, 0.15) is 17.8 Å². The number of Topliss-reactive ketones (excluding diaryl/α,β-unsaturated/α-hetero) is 1. The molecule has 0 radical (unpaired) electrons. The van der Waals surface area contributed by atoms with Gasteiger partial charge in [0, 0.05) is 31.5 Å². The predicted octanol–water partition coefficient (Wildman–Crippen LogP) is 2.03. The molecule has 16 nitrogen and oxygen atoms in total. The van der Waals surface area contributed by atoms with Crippen molar-refractivity contribution in [2.75, 3.05) is 19.7 Å². The highest BCUT2D eigenvalue weighted by atomic mass is 16.6. The number of hydrogen-bond donors (Lipinski definition) is 5. The molecule has 1 aromatic heterocycles. The van der Waals surface area contributed by atoms with Crippen molar-refractivity contribution >= 4 is 41.4 Å². The van der Waals surface area contributed by atoms with Gasteiger partial charge in [-0.15, -0.1) is 0 Å². The molecule has 5 N–H and O–H groups in total. The van der Waals surface area contributed by atoms with Crippen LogP contribution in [-0.4, -0.2) is 106 Å². The average Bonchev–Trinajstić information content (AvgIpc) is 3.86. The monoisotopic (exact) mass is 754 g/mol. The lowest BCUT2D eigenvalue weighted by molar-refractivity contribution is -0.140. The van der Waals surface area contributed by atoms with Crippen molar-refractivity contribution in [1.82, 2.24) is 41.5 Å². The van der Waals surface area contributed by atoms with Crippen LogP contribution in [0, 0.1) is 23.2 Å². The van der Waals surface area contributed by atoms with Crippen LogP contribution in [0.1, 0.15) is 110 Å². The van der Waals surface area contributed by atoms with Crippen molar-refractivity contribution in [2.24, 2.45) is 23.2 Å². The molecule has 0 spiro atoms. The minimum atomic E-state index is -1.12. The Kier molecular flexibility index (Phi) is 14.9. The van der Waals surface area contributed by atoms with Crippen molar-refractivity contribution in [2.45, 2.75) is 130 Å². The summed E-state index contributed by atoms with van der Waals surface area (Å²) in [5.41, 5.74) is -0.768. The Hall–Kier alpha value is -4.63. The summed E-state index contributed by atoms with van der Waals surface area (Å²) in [6.07, 6.45) is 10.1. The molecular formula is C38H58N8O8. The Bertz CT molecular complexity index is 1510. The molecule has 3 fully saturated rings. The second-order valence-electron chi connectivity index (χ2n) is 16.3. The van der Waals surface area contributed by atoms with Gasteiger partial charge in [0.2, 0.25) is 23.5 Å². The summed E-state index contributed by atoms with van der Waals surface area (Å²) in [6, 6.07) is -4.11. The molecule has 0 bridgehead atoms. The third-order valence-electron chi connectivity index (χ3n) is 10.0. The smallest absolute Gasteiger partial charge is 0.409 e. The second kappa shape index (κ2) is 19.1. The van der Waals surface area contributed by atoms with E-state index in [4.69, 9.17) is 4.74 Å². The number of ether oxygens (including phenoxy) is 1. The first kappa shape index (κ1) is 42.1. The van der Waals surface area contributed by atoms with E-state index in [2.05, 4.69) is 36.6 Å². The van der Waals surface area contributed by atoms with E-state index < -0.39 is 76.9 Å². The lowest BCUT2D eigenvalue weighted by Gasteiger charge is -2.35. The number of carbonyl (C=O) groups excluding carboxylic acids is 7. The third kappa shape index (κ3) is 11.9. The molecule has 1 aromatic rings. The molecule has 54 heavy (non-hydrogen) atoms. The zero-order valence-corrected chi connectivity index (χ0v) is 32.4. The van der Waals surface area contributed by atoms with Crippen molar-refractivity contribution < 1.29 is 38.3 Å². The average molecular weight is 755 g/mol. The molecule has 6 amide bonds. The maximum Gasteiger partial charge on any atom is 0.409 e. The number of amides is 6. The van der Waals surface area contributed by atoms with Crippen LogP contribution >= 0.6 is 0 Å². The first-order chi connectivity index (χ1) is 25.6. The summed E-state index contributed by atoms with van der Waals surface area (Å²) in [5, 5.41) is 14.0. The van der Waals surface area contributed by atoms with Crippen LogP contribution in [0.5, 0.6) is 0 Å². The third-order valence-corrected chi connectivity index (χ3v) is 10.0. The zero-order chi connectivity index (χ0) is 39.6. The van der Waals surface area contributed by atoms with E-state index >= 15 is 0 Å². The Morgan fingerprint density at radius 3 is 2.19 bits per heavy atom. The molecule has 4 rings (SSSR count). The first-order valence-electron chi connectivity index (χ1n) is 19.3. The molecule has 0 aromatic carbocycles. The van der Waals surface area contributed by atoms with Gasteiger partial charge in [0.25, 0.3) is 11.8 Å². The van der Waals surface area contributed by atoms with Gasteiger partial charge in [-0.1, -0.05) is 67.2 Å². The van der Waals surface area contributed by atoms with Crippen molar-refractivity contribution in [3.05, 3.63) is 24.3 Å². The predicted molar refractivity (Wildman–Crippen MR) is 197 cm³/mol. The van der Waals surface area contributed by atoms with E-state index in [1.807, 2.05) is 20.8 Å². The Morgan fingerprint density at radius 2 is 1.59 bits per heavy atom. The highest BCUT2D eigenvalue weighted by Crippen LogP contribution is 2.28. The number of rotatable bonds is 16. The molecule has 1 saturated heterocycles. The summed E-state index contributed by atoms with van der Waals surface area (Å²) < 4.78 is 5.44. The normalized spacial score (nSPS) is 20.6. The molecule has 5 atom stereocenters. The lowest BCUT2D eigenvalue weighted by Crippen LogP contribution is -2.61. The Labute approximate surface area is 317 Å². The molecule has 3 aliphatic rings. The van der Waals surface area contributed by atoms with E-state index in [9.17, 15) is 33.6 Å². The molecule has 298 valence electrons. The number of hydrogen-bond acceptors (Lipinski definition) is 10. The number of nitrogens with zero attached hydrogens (tertiary/aromatic N) is 3. The highest BCUT2D eigenvalue weighted by molar-refractivity contribution is 6.38. The van der Waals surface area contributed by atoms with Crippen molar-refractivity contribution in [1.29, 1.82) is 0 Å². The fourth-order valence-electron chi connectivity index (χ4n) is 6.84. The quantitative estimate of drug-likeness (QED) is 0.155. The molecule has 2 aliphatic carbocycles. The van der Waals surface area contributed by atoms with Crippen LogP contribution in [0.4, 0.5) is 4.79 Å². The molecule has 2 saturated carbocycles. The van der Waals surface area contributed by atoms with Gasteiger partial charge in [-0.3, -0.25) is 33.8 Å². The maximum absolute atomic E-state index is 14.2. The summed E-state index contributed by atoms with van der Waals surface area (Å²) in [7, 11) is 0. The van der Waals surface area contributed by atoms with E-state index in [1.54, 1.807) is 20.8 Å². The van der Waals surface area contributed by atoms with Crippen LogP contribution in [0.3, 0.4) is 0 Å². The molecule has 0 unspecified atom stereocenters. The summed E-state index contributed by atoms with van der Waals surface area (Å²) in [5.74, 6) is -4.90. The minimum absolute atomic E-state index is 0.0390. The van der Waals surface area contributed by atoms with E-state index in [0.29, 0.717) is 6.42 Å². The van der Waals surface area contributed by atoms with Gasteiger partial charge in [-0.2, -0.15) is 0 Å². The number of likely N-dealkylation sites (tertiary alicyclic amines) is 1. The molecular weight excluding hydrogens is 696 g/mol. The largest absolute Gasteiger partial charge is 0.449 e. The number of ketones is 1. The van der Waals surface area contributed by atoms with Crippen molar-refractivity contribution in [3.63, 3.8) is 0 Å². The number of aromatic nitrogens is 2. The van der Waals surface area contributed by atoms with Crippen LogP contribution in [0.2, 0.25) is 0 Å². The topological polar surface area (TPSA) is 218 Å². The Balaban J connectivity index is 1.54. The maximum atomic E-state index is 14.2. The van der Waals surface area contributed by atoms with Gasteiger partial charge >= 0.3 is 6.09 Å². The highest BCUT2D eigenvalue weighted by Gasteiger charge is 2.45. The van der Waals surface area contributed by atoms with Gasteiger partial charge in [0.15, 0.2) is 0 Å². The molecule has 2 heterocycles. The van der Waals surface area contributed by atoms with E-state index in [-0.39, 0.29) is 49.7 Å². The Morgan fingerprint density at radius 1 is 0.889 bits per heavy atom. The lowest BCUT2D eigenvalue weighted by atomic mass is 9.82. The number of carbonyl (C=O) groups is 7. The summed E-state index contributed by atoms with van der Waals surface area (Å²) in [6.45, 7) is 10.9. The second-order valence-corrected chi connectivity index (χ2v) is 16.3. The SMILES string of the molecule is CCC[C@H](NC(=O)[C@@H]1CN(C(=O)OCC(C)C)C[C@@H]1NC(=O)[C@@H](NC(=O)[C@@H](NC(=O)c1cnccn1)C1CCCCC1)C(C)(C)C)C(=O)C(=O)NC1CC1. The fourth-order valence-corrected chi connectivity index (χ4v) is 6.84. The van der Waals surface area contributed by atoms with Crippen molar-refractivity contribution in [3.8, 4) is 0 Å². The fraction of sp³-hybridized carbons (Fsp3) is 0.711. The van der Waals surface area contributed by atoms with Gasteiger partial charge in [0.05, 0.1) is 30.8 Å². The van der Waals surface area contributed by atoms with Crippen LogP contribution in [0.15, 0.2) is 18.6 Å². The van der Waals surface area contributed by atoms with Gasteiger partial charge in [-0.25, -0.2) is 9.78 Å². The molecule has 1 aliphatic heterocycles. The van der Waals surface area contributed by atoms with E-state index in [0.717, 1.165) is 44.9 Å². The zero-order valence-electron chi connectivity index (χ0n) is 32.4. The summed E-state index contributed by atoms with van der Waals surface area (Å²) >= 11 is 0. The van der Waals surface area contributed by atoms with Crippen LogP contribution < -0.4 is 26.6 Å². The van der Waals surface area contributed by atoms with E-state index in [1.165, 1.54) is 23.5 Å². The van der Waals surface area contributed by atoms with Gasteiger partial charge < -0.3 is 36.2 Å². The van der Waals surface area contributed by atoms with Crippen LogP contribution in [-0.2, 0) is 28.7 Å². The minimum Gasteiger partial charge on any atom is -0.449 e. The van der Waals surface area contributed by atoms with Crippen LogP contribution in [0.25, 0.3) is 0 Å². The standard InChI is InChI=1S/C38H58N8O8/c1-7-11-26(30(47)35(51)41-24-14-15-24)42-32(48)25-19-46(37(53)54-21-22(2)3)20-28(25)43-36(52)31(38(4,5)6)45-34(50)29(23-12-9-8-10-13-23)44-33(49)27-18-39-16-17-40-27/h16-18,22-26,28-29,31H,7-15,19-21H2,1-6H3,(H,41,51)(H,42,48)(H,43,52)(H,44,49)(H,45,50)/t25-,26+,28+,29+,31-/m1/s1. The molecule has 16 heteroatoms. The summed E-state index contributed by atoms with van der Waals surface area (Å²) in [4.78, 5) is 104. The van der Waals surface area contributed by atoms with Gasteiger partial charge in [-0.05, 0) is 49.4 Å². The number of nitrogens with one attached hydrogen (secondary N) is 5.